The van der Waals surface area contributed by atoms with Crippen LogP contribution in [0.4, 0.5) is 0 Å². The van der Waals surface area contributed by atoms with Crippen molar-refractivity contribution in [1.29, 1.82) is 0 Å². The molecule has 3 rings (SSSR count). The third-order valence-electron chi connectivity index (χ3n) is 3.27. The fourth-order valence-corrected chi connectivity index (χ4v) is 2.39. The number of carbonyl (C=O) groups is 1. The molecule has 3 atom stereocenters. The fourth-order valence-electron chi connectivity index (χ4n) is 2.39. The quantitative estimate of drug-likeness (QED) is 0.573. The van der Waals surface area contributed by atoms with E-state index in [0.717, 1.165) is 23.8 Å². The Hall–Kier alpha value is -0.850. The van der Waals surface area contributed by atoms with Crippen molar-refractivity contribution in [3.8, 4) is 0 Å². The molecule has 0 saturated heterocycles. The molecule has 0 N–H and O–H groups in total. The molecule has 1 nitrogen and oxygen atoms in total. The first-order valence-electron chi connectivity index (χ1n) is 5.73. The Morgan fingerprint density at radius 1 is 1.21 bits per heavy atom. The van der Waals surface area contributed by atoms with Crippen LogP contribution in [0.5, 0.6) is 0 Å². The summed E-state index contributed by atoms with van der Waals surface area (Å²) in [7, 11) is 0. The topological polar surface area (TPSA) is 17.1 Å². The summed E-state index contributed by atoms with van der Waals surface area (Å²) in [6, 6.07) is 0. The van der Waals surface area contributed by atoms with Crippen molar-refractivity contribution >= 4 is 5.78 Å². The molecule has 3 aliphatic carbocycles. The number of allylic oxidation sites excluding steroid dienone is 4. The zero-order valence-electron chi connectivity index (χ0n) is 9.21. The number of hydrogen-bond acceptors (Lipinski definition) is 1. The fraction of sp³-hybridized carbons (Fsp3) is 0.615. The Morgan fingerprint density at radius 3 is 2.57 bits per heavy atom. The molecular formula is C13H18O. The molecule has 0 bridgehead atoms. The minimum Gasteiger partial charge on any atom is -0.294 e. The van der Waals surface area contributed by atoms with E-state index in [1.54, 1.807) is 0 Å². The van der Waals surface area contributed by atoms with E-state index in [0.29, 0.717) is 5.78 Å². The zero-order valence-corrected chi connectivity index (χ0v) is 9.21. The van der Waals surface area contributed by atoms with Crippen LogP contribution in [0.3, 0.4) is 0 Å². The molecule has 0 heterocycles. The van der Waals surface area contributed by atoms with Crippen LogP contribution < -0.4 is 0 Å². The molecule has 0 aromatic rings. The smallest absolute Gasteiger partial charge is 0.165 e. The Balaban J connectivity index is 0.000000354. The second-order valence-electron chi connectivity index (χ2n) is 4.31. The molecular weight excluding hydrogens is 172 g/mol. The highest BCUT2D eigenvalue weighted by Crippen LogP contribution is 2.49. The van der Waals surface area contributed by atoms with Crippen molar-refractivity contribution in [3.05, 3.63) is 23.3 Å². The highest BCUT2D eigenvalue weighted by atomic mass is 16.1. The lowest BCUT2D eigenvalue weighted by atomic mass is 10.0. The summed E-state index contributed by atoms with van der Waals surface area (Å²) in [5.74, 6) is 2.14. The SMILES string of the molecule is CC.CC1CC2=CC3CC3C=C2C1=O. The number of Topliss-reactive ketones (excluding diaryl/α,β-unsaturated/α-hetero) is 1. The molecule has 2 saturated carbocycles. The van der Waals surface area contributed by atoms with Gasteiger partial charge < -0.3 is 0 Å². The van der Waals surface area contributed by atoms with Gasteiger partial charge in [-0.05, 0) is 30.3 Å². The van der Waals surface area contributed by atoms with Gasteiger partial charge in [0.05, 0.1) is 0 Å². The molecule has 3 unspecified atom stereocenters. The summed E-state index contributed by atoms with van der Waals surface area (Å²) in [6.45, 7) is 6.04. The summed E-state index contributed by atoms with van der Waals surface area (Å²) in [5, 5.41) is 0. The molecule has 76 valence electrons. The minimum atomic E-state index is 0.250. The van der Waals surface area contributed by atoms with Gasteiger partial charge in [0.25, 0.3) is 0 Å². The van der Waals surface area contributed by atoms with Gasteiger partial charge in [-0.25, -0.2) is 0 Å². The molecule has 0 aromatic carbocycles. The molecule has 1 heteroatoms. The van der Waals surface area contributed by atoms with Gasteiger partial charge in [0.15, 0.2) is 5.78 Å². The minimum absolute atomic E-state index is 0.250. The van der Waals surface area contributed by atoms with Crippen LogP contribution in [0.25, 0.3) is 0 Å². The zero-order chi connectivity index (χ0) is 10.3. The van der Waals surface area contributed by atoms with Crippen molar-refractivity contribution in [2.75, 3.05) is 0 Å². The van der Waals surface area contributed by atoms with Gasteiger partial charge in [-0.3, -0.25) is 4.79 Å². The maximum absolute atomic E-state index is 11.6. The van der Waals surface area contributed by atoms with Crippen molar-refractivity contribution in [2.45, 2.75) is 33.6 Å². The standard InChI is InChI=1S/C11H12O.C2H6/c1-6-2-9-4-7-3-8(7)5-10(9)11(6)12;1-2/h4-8H,2-3H2,1H3;1-2H3. The number of rotatable bonds is 0. The van der Waals surface area contributed by atoms with E-state index in [1.165, 1.54) is 12.0 Å². The molecule has 0 amide bonds. The van der Waals surface area contributed by atoms with Gasteiger partial charge in [-0.15, -0.1) is 0 Å². The van der Waals surface area contributed by atoms with Crippen molar-refractivity contribution in [3.63, 3.8) is 0 Å². The van der Waals surface area contributed by atoms with Crippen LogP contribution in [-0.2, 0) is 4.79 Å². The van der Waals surface area contributed by atoms with E-state index in [9.17, 15) is 4.79 Å². The predicted molar refractivity (Wildman–Crippen MR) is 57.9 cm³/mol. The average molecular weight is 190 g/mol. The molecule has 2 fully saturated rings. The monoisotopic (exact) mass is 190 g/mol. The Labute approximate surface area is 85.9 Å². The normalized spacial score (nSPS) is 37.4. The summed E-state index contributed by atoms with van der Waals surface area (Å²) in [4.78, 5) is 11.6. The van der Waals surface area contributed by atoms with Crippen molar-refractivity contribution < 1.29 is 4.79 Å². The predicted octanol–water partition coefficient (Wildman–Crippen LogP) is 3.12. The molecule has 0 radical (unpaired) electrons. The second-order valence-corrected chi connectivity index (χ2v) is 4.31. The Kier molecular flexibility index (Phi) is 2.34. The van der Waals surface area contributed by atoms with Crippen LogP contribution in [0.15, 0.2) is 23.3 Å². The van der Waals surface area contributed by atoms with Crippen LogP contribution in [0.1, 0.15) is 33.6 Å². The van der Waals surface area contributed by atoms with E-state index in [4.69, 9.17) is 0 Å². The summed E-state index contributed by atoms with van der Waals surface area (Å²) in [5.41, 5.74) is 2.40. The summed E-state index contributed by atoms with van der Waals surface area (Å²) < 4.78 is 0. The maximum Gasteiger partial charge on any atom is 0.165 e. The van der Waals surface area contributed by atoms with Crippen LogP contribution >= 0.6 is 0 Å². The highest BCUT2D eigenvalue weighted by Gasteiger charge is 2.42. The first-order chi connectivity index (χ1) is 6.75. The molecule has 0 aliphatic heterocycles. The molecule has 14 heavy (non-hydrogen) atoms. The first kappa shape index (κ1) is 9.70. The van der Waals surface area contributed by atoms with Gasteiger partial charge in [0.2, 0.25) is 0 Å². The van der Waals surface area contributed by atoms with Crippen LogP contribution in [0, 0.1) is 17.8 Å². The lowest BCUT2D eigenvalue weighted by molar-refractivity contribution is -0.117. The first-order valence-corrected chi connectivity index (χ1v) is 5.73. The third-order valence-corrected chi connectivity index (χ3v) is 3.27. The Bertz CT molecular complexity index is 322. The van der Waals surface area contributed by atoms with Crippen LogP contribution in [-0.4, -0.2) is 5.78 Å². The van der Waals surface area contributed by atoms with E-state index in [2.05, 4.69) is 12.2 Å². The number of ketones is 1. The number of fused-ring (bicyclic) bond motifs is 2. The summed E-state index contributed by atoms with van der Waals surface area (Å²) >= 11 is 0. The number of carbonyl (C=O) groups excluding carboxylic acids is 1. The Morgan fingerprint density at radius 2 is 1.86 bits per heavy atom. The molecule has 0 spiro atoms. The second kappa shape index (κ2) is 3.38. The molecule has 3 aliphatic rings. The van der Waals surface area contributed by atoms with Gasteiger partial charge in [-0.1, -0.05) is 32.9 Å². The largest absolute Gasteiger partial charge is 0.294 e. The maximum atomic E-state index is 11.6. The summed E-state index contributed by atoms with van der Waals surface area (Å²) in [6.07, 6.45) is 6.83. The van der Waals surface area contributed by atoms with Gasteiger partial charge in [-0.2, -0.15) is 0 Å². The van der Waals surface area contributed by atoms with Gasteiger partial charge in [0, 0.05) is 11.5 Å². The van der Waals surface area contributed by atoms with E-state index >= 15 is 0 Å². The van der Waals surface area contributed by atoms with E-state index in [1.807, 2.05) is 20.8 Å². The van der Waals surface area contributed by atoms with Gasteiger partial charge >= 0.3 is 0 Å². The van der Waals surface area contributed by atoms with E-state index in [-0.39, 0.29) is 5.92 Å². The van der Waals surface area contributed by atoms with Crippen molar-refractivity contribution in [1.82, 2.24) is 0 Å². The lowest BCUT2D eigenvalue weighted by Crippen LogP contribution is -2.03. The third kappa shape index (κ3) is 1.35. The lowest BCUT2D eigenvalue weighted by Gasteiger charge is -2.03. The van der Waals surface area contributed by atoms with Gasteiger partial charge in [0.1, 0.15) is 0 Å². The number of hydrogen-bond donors (Lipinski definition) is 0. The van der Waals surface area contributed by atoms with E-state index < -0.39 is 0 Å². The average Bonchev–Trinajstić information content (AvgIpc) is 2.91. The van der Waals surface area contributed by atoms with Crippen LogP contribution in [0.2, 0.25) is 0 Å². The highest BCUT2D eigenvalue weighted by molar-refractivity contribution is 6.04. The van der Waals surface area contributed by atoms with Crippen molar-refractivity contribution in [2.24, 2.45) is 17.8 Å². The molecule has 0 aromatic heterocycles.